The number of rotatable bonds is 7. The number of carbonyl (C=O) groups is 1. The van der Waals surface area contributed by atoms with Gasteiger partial charge in [-0.25, -0.2) is 9.97 Å². The largest absolute Gasteiger partial charge is 0.370 e. The van der Waals surface area contributed by atoms with Gasteiger partial charge in [-0.2, -0.15) is 0 Å². The standard InChI is InChI=1S/C13H16BrN3O.C12H16BrN3/c1-4-11-13(16(5-2)8-18)17-7-10(14)6-9(3)12(17)15-11;1-4-10-12(14-5-2)16-7-9(13)6-8(3)11(16)15-10/h6-8H,4-5H2,1-3H3;6-7,14H,4-5H2,1-3H3. The molecule has 7 nitrogen and oxygen atoms in total. The number of pyridine rings is 2. The molecule has 4 aromatic heterocycles. The summed E-state index contributed by atoms with van der Waals surface area (Å²) in [6, 6.07) is 4.13. The predicted octanol–water partition coefficient (Wildman–Crippen LogP) is 6.35. The van der Waals surface area contributed by atoms with Crippen molar-refractivity contribution in [1.29, 1.82) is 0 Å². The van der Waals surface area contributed by atoms with Gasteiger partial charge in [0, 0.05) is 34.4 Å². The lowest BCUT2D eigenvalue weighted by atomic mass is 10.3. The van der Waals surface area contributed by atoms with Crippen LogP contribution in [0.15, 0.2) is 33.5 Å². The second-order valence-electron chi connectivity index (χ2n) is 7.99. The van der Waals surface area contributed by atoms with Crippen LogP contribution in [0.4, 0.5) is 11.6 Å². The number of hydrogen-bond donors (Lipinski definition) is 1. The van der Waals surface area contributed by atoms with Crippen LogP contribution in [-0.4, -0.2) is 38.3 Å². The maximum absolute atomic E-state index is 11.2. The van der Waals surface area contributed by atoms with Crippen molar-refractivity contribution in [2.45, 2.75) is 54.4 Å². The highest BCUT2D eigenvalue weighted by Crippen LogP contribution is 2.27. The molecule has 34 heavy (non-hydrogen) atoms. The minimum Gasteiger partial charge on any atom is -0.370 e. The molecule has 4 rings (SSSR count). The van der Waals surface area contributed by atoms with E-state index in [1.54, 1.807) is 4.90 Å². The minimum absolute atomic E-state index is 0.635. The molecule has 1 N–H and O–H groups in total. The van der Waals surface area contributed by atoms with E-state index in [1.165, 1.54) is 5.56 Å². The number of fused-ring (bicyclic) bond motifs is 2. The van der Waals surface area contributed by atoms with Gasteiger partial charge in [0.1, 0.15) is 22.9 Å². The second-order valence-corrected chi connectivity index (χ2v) is 9.82. The molecule has 9 heteroatoms. The fraction of sp³-hybridized carbons (Fsp3) is 0.400. The number of amides is 1. The highest BCUT2D eigenvalue weighted by atomic mass is 79.9. The zero-order valence-corrected chi connectivity index (χ0v) is 23.8. The van der Waals surface area contributed by atoms with Gasteiger partial charge in [0.2, 0.25) is 6.41 Å². The van der Waals surface area contributed by atoms with Crippen molar-refractivity contribution in [1.82, 2.24) is 18.8 Å². The zero-order valence-electron chi connectivity index (χ0n) is 20.6. The first-order valence-corrected chi connectivity index (χ1v) is 13.2. The van der Waals surface area contributed by atoms with E-state index in [0.29, 0.717) is 6.54 Å². The van der Waals surface area contributed by atoms with Crippen molar-refractivity contribution in [2.75, 3.05) is 23.3 Å². The summed E-state index contributed by atoms with van der Waals surface area (Å²) in [5, 5.41) is 3.38. The van der Waals surface area contributed by atoms with E-state index in [4.69, 9.17) is 0 Å². The normalized spacial score (nSPS) is 10.9. The van der Waals surface area contributed by atoms with Crippen LogP contribution in [0.3, 0.4) is 0 Å². The fourth-order valence-electron chi connectivity index (χ4n) is 4.04. The summed E-state index contributed by atoms with van der Waals surface area (Å²) in [7, 11) is 0. The average Bonchev–Trinajstić information content (AvgIpc) is 3.34. The van der Waals surface area contributed by atoms with E-state index in [-0.39, 0.29) is 0 Å². The number of hydrogen-bond acceptors (Lipinski definition) is 4. The van der Waals surface area contributed by atoms with Gasteiger partial charge in [-0.3, -0.25) is 18.5 Å². The van der Waals surface area contributed by atoms with Crippen molar-refractivity contribution in [2.24, 2.45) is 0 Å². The Morgan fingerprint density at radius 2 is 1.44 bits per heavy atom. The molecule has 0 aliphatic carbocycles. The number of imidazole rings is 2. The van der Waals surface area contributed by atoms with E-state index in [9.17, 15) is 4.79 Å². The van der Waals surface area contributed by atoms with Crippen molar-refractivity contribution < 1.29 is 4.79 Å². The zero-order chi connectivity index (χ0) is 25.0. The molecule has 4 aromatic rings. The smallest absolute Gasteiger partial charge is 0.215 e. The molecule has 0 atom stereocenters. The summed E-state index contributed by atoms with van der Waals surface area (Å²) in [4.78, 5) is 22.2. The quantitative estimate of drug-likeness (QED) is 0.254. The van der Waals surface area contributed by atoms with Gasteiger partial charge in [-0.1, -0.05) is 13.8 Å². The Balaban J connectivity index is 0.000000192. The Bertz CT molecular complexity index is 1310. The van der Waals surface area contributed by atoms with E-state index < -0.39 is 0 Å². The van der Waals surface area contributed by atoms with Crippen LogP contribution in [0.1, 0.15) is 50.2 Å². The van der Waals surface area contributed by atoms with Gasteiger partial charge < -0.3 is 5.32 Å². The van der Waals surface area contributed by atoms with Crippen molar-refractivity contribution in [3.05, 3.63) is 56.0 Å². The van der Waals surface area contributed by atoms with Crippen LogP contribution < -0.4 is 10.2 Å². The molecular weight excluding hydrogens is 560 g/mol. The van der Waals surface area contributed by atoms with Gasteiger partial charge in [0.05, 0.1) is 11.4 Å². The van der Waals surface area contributed by atoms with Gasteiger partial charge in [-0.05, 0) is 95.7 Å². The SMILES string of the molecule is CCNc1c(CC)nc2c(C)cc(Br)cn12.CCc1nc2c(C)cc(Br)cn2c1N(C=O)CC. The Morgan fingerprint density at radius 1 is 0.912 bits per heavy atom. The van der Waals surface area contributed by atoms with E-state index >= 15 is 0 Å². The lowest BCUT2D eigenvalue weighted by molar-refractivity contribution is -0.107. The predicted molar refractivity (Wildman–Crippen MR) is 147 cm³/mol. The molecule has 0 saturated heterocycles. The first-order valence-electron chi connectivity index (χ1n) is 11.6. The van der Waals surface area contributed by atoms with Crippen molar-refractivity contribution in [3.63, 3.8) is 0 Å². The molecule has 0 unspecified atom stereocenters. The number of nitrogens with one attached hydrogen (secondary N) is 1. The molecule has 0 fully saturated rings. The summed E-state index contributed by atoms with van der Waals surface area (Å²) in [6.45, 7) is 13.9. The van der Waals surface area contributed by atoms with Crippen molar-refractivity contribution >= 4 is 61.2 Å². The summed E-state index contributed by atoms with van der Waals surface area (Å²) >= 11 is 7.01. The van der Waals surface area contributed by atoms with Crippen LogP contribution in [0.5, 0.6) is 0 Å². The molecule has 0 radical (unpaired) electrons. The topological polar surface area (TPSA) is 66.9 Å². The summed E-state index contributed by atoms with van der Waals surface area (Å²) in [5.74, 6) is 1.99. The average molecular weight is 592 g/mol. The summed E-state index contributed by atoms with van der Waals surface area (Å²) in [5.41, 5.74) is 6.30. The summed E-state index contributed by atoms with van der Waals surface area (Å²) in [6.07, 6.45) is 6.63. The van der Waals surface area contributed by atoms with Crippen LogP contribution >= 0.6 is 31.9 Å². The molecule has 0 saturated carbocycles. The minimum atomic E-state index is 0.635. The fourth-order valence-corrected chi connectivity index (χ4v) is 5.13. The number of carbonyl (C=O) groups excluding carboxylic acids is 1. The molecular formula is C25H32Br2N6O. The van der Waals surface area contributed by atoms with Gasteiger partial charge in [-0.15, -0.1) is 0 Å². The lowest BCUT2D eigenvalue weighted by Gasteiger charge is -2.16. The number of halogens is 2. The number of nitrogens with zero attached hydrogens (tertiary/aromatic N) is 5. The Morgan fingerprint density at radius 3 is 1.94 bits per heavy atom. The highest BCUT2D eigenvalue weighted by molar-refractivity contribution is 9.10. The highest BCUT2D eigenvalue weighted by Gasteiger charge is 2.17. The maximum Gasteiger partial charge on any atom is 0.215 e. The Hall–Kier alpha value is -2.39. The first kappa shape index (κ1) is 26.2. The monoisotopic (exact) mass is 590 g/mol. The Labute approximate surface area is 217 Å². The molecule has 1 amide bonds. The maximum atomic E-state index is 11.2. The third-order valence-corrected chi connectivity index (χ3v) is 6.48. The first-order chi connectivity index (χ1) is 16.3. The number of aromatic nitrogens is 4. The molecule has 0 aliphatic heterocycles. The van der Waals surface area contributed by atoms with Crippen molar-refractivity contribution in [3.8, 4) is 0 Å². The third-order valence-electron chi connectivity index (χ3n) is 5.61. The van der Waals surface area contributed by atoms with Gasteiger partial charge in [0.25, 0.3) is 0 Å². The van der Waals surface area contributed by atoms with Crippen LogP contribution in [0.2, 0.25) is 0 Å². The van der Waals surface area contributed by atoms with Crippen LogP contribution in [0.25, 0.3) is 11.3 Å². The molecule has 0 spiro atoms. The molecule has 0 aromatic carbocycles. The van der Waals surface area contributed by atoms with E-state index in [0.717, 1.165) is 74.6 Å². The number of aryl methyl sites for hydroxylation is 4. The number of anilines is 2. The molecule has 0 bridgehead atoms. The van der Waals surface area contributed by atoms with Gasteiger partial charge >= 0.3 is 0 Å². The van der Waals surface area contributed by atoms with E-state index in [2.05, 4.69) is 84.6 Å². The lowest BCUT2D eigenvalue weighted by Crippen LogP contribution is -2.23. The molecule has 0 aliphatic rings. The molecule has 182 valence electrons. The third kappa shape index (κ3) is 5.15. The van der Waals surface area contributed by atoms with E-state index in [1.807, 2.05) is 37.4 Å². The Kier molecular flexibility index (Phi) is 8.76. The van der Waals surface area contributed by atoms with Crippen LogP contribution in [-0.2, 0) is 17.6 Å². The summed E-state index contributed by atoms with van der Waals surface area (Å²) < 4.78 is 6.17. The second kappa shape index (κ2) is 11.4. The molecule has 4 heterocycles. The van der Waals surface area contributed by atoms with Gasteiger partial charge in [0.15, 0.2) is 0 Å². The van der Waals surface area contributed by atoms with Crippen LogP contribution in [0, 0.1) is 13.8 Å².